The summed E-state index contributed by atoms with van der Waals surface area (Å²) in [7, 11) is 0. The fraction of sp³-hybridized carbons (Fsp3) is 0.0500. The minimum Gasteiger partial charge on any atom is -0.235 e. The molecule has 24 heavy (non-hydrogen) atoms. The van der Waals surface area contributed by atoms with Gasteiger partial charge in [-0.2, -0.15) is 10.5 Å². The average molecular weight is 327 g/mol. The molecule has 0 aliphatic heterocycles. The Bertz CT molecular complexity index is 965. The van der Waals surface area contributed by atoms with Crippen LogP contribution in [0.1, 0.15) is 21.7 Å². The molecule has 0 N–H and O–H groups in total. The SMILES string of the molecule is Cc1ccc(-c2csc(/C(C#N)=C\c3ccc(C#N)cc3)n2)cc1. The molecule has 1 heterocycles. The zero-order valence-electron chi connectivity index (χ0n) is 13.0. The Hall–Kier alpha value is -3.21. The van der Waals surface area contributed by atoms with Crippen molar-refractivity contribution < 1.29 is 0 Å². The highest BCUT2D eigenvalue weighted by atomic mass is 32.1. The summed E-state index contributed by atoms with van der Waals surface area (Å²) in [5, 5.41) is 20.9. The van der Waals surface area contributed by atoms with E-state index in [9.17, 15) is 5.26 Å². The lowest BCUT2D eigenvalue weighted by Crippen LogP contribution is -1.83. The van der Waals surface area contributed by atoms with Gasteiger partial charge in [-0.3, -0.25) is 0 Å². The van der Waals surface area contributed by atoms with Crippen LogP contribution in [0, 0.1) is 29.6 Å². The van der Waals surface area contributed by atoms with Gasteiger partial charge in [0.15, 0.2) is 0 Å². The van der Waals surface area contributed by atoms with Crippen LogP contribution in [0.5, 0.6) is 0 Å². The molecule has 2 aromatic carbocycles. The van der Waals surface area contributed by atoms with Gasteiger partial charge in [0, 0.05) is 10.9 Å². The molecule has 1 aromatic heterocycles. The summed E-state index contributed by atoms with van der Waals surface area (Å²) in [5.74, 6) is 0. The summed E-state index contributed by atoms with van der Waals surface area (Å²) in [6.07, 6.45) is 1.79. The van der Waals surface area contributed by atoms with Crippen LogP contribution in [0.4, 0.5) is 0 Å². The number of aromatic nitrogens is 1. The van der Waals surface area contributed by atoms with Gasteiger partial charge in [0.1, 0.15) is 11.1 Å². The summed E-state index contributed by atoms with van der Waals surface area (Å²) in [4.78, 5) is 4.59. The van der Waals surface area contributed by atoms with E-state index in [2.05, 4.69) is 17.1 Å². The number of nitrogens with zero attached hydrogens (tertiary/aromatic N) is 3. The van der Waals surface area contributed by atoms with Crippen molar-refractivity contribution in [2.24, 2.45) is 0 Å². The molecule has 3 rings (SSSR count). The lowest BCUT2D eigenvalue weighted by Gasteiger charge is -1.98. The molecule has 0 bridgehead atoms. The molecule has 0 spiro atoms. The summed E-state index contributed by atoms with van der Waals surface area (Å²) < 4.78 is 0. The van der Waals surface area contributed by atoms with Crippen molar-refractivity contribution in [1.29, 1.82) is 10.5 Å². The van der Waals surface area contributed by atoms with Crippen molar-refractivity contribution in [3.63, 3.8) is 0 Å². The second-order valence-corrected chi connectivity index (χ2v) is 6.17. The van der Waals surface area contributed by atoms with Crippen LogP contribution >= 0.6 is 11.3 Å². The molecular formula is C20H13N3S. The van der Waals surface area contributed by atoms with Gasteiger partial charge < -0.3 is 0 Å². The van der Waals surface area contributed by atoms with E-state index >= 15 is 0 Å². The molecule has 0 saturated carbocycles. The van der Waals surface area contributed by atoms with Gasteiger partial charge in [-0.25, -0.2) is 4.98 Å². The smallest absolute Gasteiger partial charge is 0.134 e. The molecular weight excluding hydrogens is 314 g/mol. The molecule has 0 radical (unpaired) electrons. The second kappa shape index (κ2) is 6.91. The predicted molar refractivity (Wildman–Crippen MR) is 96.9 cm³/mol. The Morgan fingerprint density at radius 3 is 2.38 bits per heavy atom. The zero-order valence-corrected chi connectivity index (χ0v) is 13.8. The van der Waals surface area contributed by atoms with E-state index in [4.69, 9.17) is 5.26 Å². The number of aryl methyl sites for hydroxylation is 1. The Labute approximate surface area is 144 Å². The molecule has 0 atom stereocenters. The first kappa shape index (κ1) is 15.7. The molecule has 0 fully saturated rings. The first-order valence-electron chi connectivity index (χ1n) is 7.34. The van der Waals surface area contributed by atoms with Crippen molar-refractivity contribution >= 4 is 23.0 Å². The molecule has 0 aliphatic carbocycles. The number of thiazole rings is 1. The fourth-order valence-electron chi connectivity index (χ4n) is 2.22. The van der Waals surface area contributed by atoms with Gasteiger partial charge >= 0.3 is 0 Å². The molecule has 4 heteroatoms. The second-order valence-electron chi connectivity index (χ2n) is 5.31. The fourth-order valence-corrected chi connectivity index (χ4v) is 3.01. The van der Waals surface area contributed by atoms with Gasteiger partial charge in [-0.05, 0) is 30.7 Å². The van der Waals surface area contributed by atoms with Gasteiger partial charge in [0.25, 0.3) is 0 Å². The molecule has 3 nitrogen and oxygen atoms in total. The average Bonchev–Trinajstić information content (AvgIpc) is 3.10. The Balaban J connectivity index is 1.91. The van der Waals surface area contributed by atoms with E-state index in [1.807, 2.05) is 48.7 Å². The standard InChI is InChI=1S/C20H13N3S/c1-14-2-8-17(9-3-14)19-13-24-20(23-19)18(12-22)10-15-4-6-16(11-21)7-5-15/h2-10,13H,1H3/b18-10-. The highest BCUT2D eigenvalue weighted by Crippen LogP contribution is 2.27. The van der Waals surface area contributed by atoms with E-state index in [0.717, 1.165) is 16.8 Å². The van der Waals surface area contributed by atoms with E-state index in [1.54, 1.807) is 18.2 Å². The number of hydrogen-bond acceptors (Lipinski definition) is 4. The largest absolute Gasteiger partial charge is 0.235 e. The van der Waals surface area contributed by atoms with Gasteiger partial charge in [0.05, 0.1) is 22.9 Å². The summed E-state index contributed by atoms with van der Waals surface area (Å²) >= 11 is 1.45. The van der Waals surface area contributed by atoms with Crippen LogP contribution in [0.15, 0.2) is 53.9 Å². The monoisotopic (exact) mass is 327 g/mol. The number of hydrogen-bond donors (Lipinski definition) is 0. The van der Waals surface area contributed by atoms with E-state index < -0.39 is 0 Å². The van der Waals surface area contributed by atoms with Crippen LogP contribution < -0.4 is 0 Å². The summed E-state index contributed by atoms with van der Waals surface area (Å²) in [5.41, 5.74) is 5.10. The maximum Gasteiger partial charge on any atom is 0.134 e. The summed E-state index contributed by atoms with van der Waals surface area (Å²) in [6.45, 7) is 2.05. The Morgan fingerprint density at radius 1 is 1.04 bits per heavy atom. The van der Waals surface area contributed by atoms with Gasteiger partial charge in [0.2, 0.25) is 0 Å². The normalized spacial score (nSPS) is 10.9. The maximum atomic E-state index is 9.45. The Morgan fingerprint density at radius 2 is 1.75 bits per heavy atom. The van der Waals surface area contributed by atoms with Crippen molar-refractivity contribution in [2.45, 2.75) is 6.92 Å². The molecule has 0 amide bonds. The van der Waals surface area contributed by atoms with Crippen LogP contribution in [-0.2, 0) is 0 Å². The topological polar surface area (TPSA) is 60.5 Å². The minimum absolute atomic E-state index is 0.517. The van der Waals surface area contributed by atoms with Crippen molar-refractivity contribution in [3.8, 4) is 23.4 Å². The van der Waals surface area contributed by atoms with E-state index in [1.165, 1.54) is 16.9 Å². The van der Waals surface area contributed by atoms with Crippen LogP contribution in [0.3, 0.4) is 0 Å². The highest BCUT2D eigenvalue weighted by Gasteiger charge is 2.09. The van der Waals surface area contributed by atoms with Crippen molar-refractivity contribution in [2.75, 3.05) is 0 Å². The maximum absolute atomic E-state index is 9.45. The Kier molecular flexibility index (Phi) is 4.52. The van der Waals surface area contributed by atoms with Gasteiger partial charge in [-0.1, -0.05) is 42.0 Å². The first-order valence-corrected chi connectivity index (χ1v) is 8.22. The lowest BCUT2D eigenvalue weighted by atomic mass is 10.1. The zero-order chi connectivity index (χ0) is 16.9. The summed E-state index contributed by atoms with van der Waals surface area (Å²) in [6, 6.07) is 19.6. The van der Waals surface area contributed by atoms with Crippen molar-refractivity contribution in [3.05, 3.63) is 75.6 Å². The van der Waals surface area contributed by atoms with Crippen molar-refractivity contribution in [1.82, 2.24) is 4.98 Å². The number of benzene rings is 2. The quantitative estimate of drug-likeness (QED) is 0.632. The minimum atomic E-state index is 0.517. The predicted octanol–water partition coefficient (Wildman–Crippen LogP) is 5.05. The van der Waals surface area contributed by atoms with E-state index in [0.29, 0.717) is 16.1 Å². The molecule has 3 aromatic rings. The third kappa shape index (κ3) is 3.41. The van der Waals surface area contributed by atoms with Crippen LogP contribution in [0.2, 0.25) is 0 Å². The number of allylic oxidation sites excluding steroid dienone is 1. The molecule has 114 valence electrons. The number of rotatable bonds is 3. The van der Waals surface area contributed by atoms with Crippen LogP contribution in [0.25, 0.3) is 22.9 Å². The highest BCUT2D eigenvalue weighted by molar-refractivity contribution is 7.11. The third-order valence-corrected chi connectivity index (χ3v) is 4.43. The first-order chi connectivity index (χ1) is 11.7. The molecule has 0 saturated heterocycles. The van der Waals surface area contributed by atoms with E-state index in [-0.39, 0.29) is 0 Å². The van der Waals surface area contributed by atoms with Crippen LogP contribution in [-0.4, -0.2) is 4.98 Å². The molecule has 0 unspecified atom stereocenters. The van der Waals surface area contributed by atoms with Gasteiger partial charge in [-0.15, -0.1) is 11.3 Å². The third-order valence-electron chi connectivity index (χ3n) is 3.55. The lowest BCUT2D eigenvalue weighted by molar-refractivity contribution is 1.36. The number of nitriles is 2. The molecule has 0 aliphatic rings.